The van der Waals surface area contributed by atoms with Gasteiger partial charge in [0, 0.05) is 17.0 Å². The Kier molecular flexibility index (Phi) is 6.11. The average molecular weight is 306 g/mol. The third-order valence-corrected chi connectivity index (χ3v) is 4.48. The molecule has 0 radical (unpaired) electrons. The second-order valence-electron chi connectivity index (χ2n) is 5.26. The van der Waals surface area contributed by atoms with Crippen LogP contribution in [0.4, 0.5) is 11.4 Å². The lowest BCUT2D eigenvalue weighted by molar-refractivity contribution is -0.116. The molecular formula is C16H22N2O2S. The van der Waals surface area contributed by atoms with Crippen molar-refractivity contribution in [2.24, 2.45) is 0 Å². The molecule has 114 valence electrons. The molecule has 1 aromatic rings. The monoisotopic (exact) mass is 306 g/mol. The molecule has 4 nitrogen and oxygen atoms in total. The molecule has 5 heteroatoms. The minimum atomic E-state index is 0.00639. The van der Waals surface area contributed by atoms with Crippen LogP contribution in [0.25, 0.3) is 0 Å². The number of anilines is 2. The first-order chi connectivity index (χ1) is 10.2. The third kappa shape index (κ3) is 5.08. The number of carbonyl (C=O) groups is 2. The van der Waals surface area contributed by atoms with Crippen molar-refractivity contribution < 1.29 is 9.59 Å². The number of fused-ring (bicyclic) bond motifs is 1. The smallest absolute Gasteiger partial charge is 0.234 e. The summed E-state index contributed by atoms with van der Waals surface area (Å²) in [6, 6.07) is 5.66. The molecule has 0 bridgehead atoms. The van der Waals surface area contributed by atoms with Crippen molar-refractivity contribution in [1.29, 1.82) is 0 Å². The number of nitrogens with one attached hydrogen (secondary N) is 2. The zero-order valence-electron chi connectivity index (χ0n) is 12.4. The second kappa shape index (κ2) is 8.08. The maximum absolute atomic E-state index is 11.9. The van der Waals surface area contributed by atoms with Gasteiger partial charge >= 0.3 is 0 Å². The van der Waals surface area contributed by atoms with Gasteiger partial charge in [-0.2, -0.15) is 0 Å². The van der Waals surface area contributed by atoms with Crippen LogP contribution in [-0.2, 0) is 9.59 Å². The minimum absolute atomic E-state index is 0.00639. The predicted molar refractivity (Wildman–Crippen MR) is 87.8 cm³/mol. The molecule has 0 spiro atoms. The Morgan fingerprint density at radius 1 is 1.29 bits per heavy atom. The normalized spacial score (nSPS) is 13.5. The standard InChI is InChI=1S/C16H22N2O2S/c1-2-3-4-5-6-7-15(19)17-12-8-9-14-13(10-12)18-16(20)11-21-14/h8-10H,2-7,11H2,1H3,(H,17,19)(H,18,20). The van der Waals surface area contributed by atoms with Gasteiger partial charge in [0.1, 0.15) is 0 Å². The average Bonchev–Trinajstić information content (AvgIpc) is 2.46. The van der Waals surface area contributed by atoms with Gasteiger partial charge in [0.05, 0.1) is 11.4 Å². The molecule has 1 aromatic carbocycles. The summed E-state index contributed by atoms with van der Waals surface area (Å²) >= 11 is 1.52. The molecular weight excluding hydrogens is 284 g/mol. The van der Waals surface area contributed by atoms with Crippen molar-refractivity contribution in [2.45, 2.75) is 50.3 Å². The molecule has 2 amide bonds. The van der Waals surface area contributed by atoms with Gasteiger partial charge in [0.15, 0.2) is 0 Å². The Bertz CT molecular complexity index is 517. The van der Waals surface area contributed by atoms with Gasteiger partial charge in [-0.25, -0.2) is 0 Å². The Morgan fingerprint density at radius 2 is 2.10 bits per heavy atom. The lowest BCUT2D eigenvalue weighted by atomic mass is 10.1. The summed E-state index contributed by atoms with van der Waals surface area (Å²) in [6.45, 7) is 2.18. The van der Waals surface area contributed by atoms with Gasteiger partial charge in [-0.05, 0) is 24.6 Å². The van der Waals surface area contributed by atoms with E-state index in [-0.39, 0.29) is 11.8 Å². The van der Waals surface area contributed by atoms with Crippen LogP contribution in [0.5, 0.6) is 0 Å². The van der Waals surface area contributed by atoms with E-state index >= 15 is 0 Å². The predicted octanol–water partition coefficient (Wildman–Crippen LogP) is 4.03. The highest BCUT2D eigenvalue weighted by atomic mass is 32.2. The fourth-order valence-corrected chi connectivity index (χ4v) is 3.06. The summed E-state index contributed by atoms with van der Waals surface area (Å²) in [5, 5.41) is 5.73. The van der Waals surface area contributed by atoms with Gasteiger partial charge in [-0.3, -0.25) is 9.59 Å². The number of unbranched alkanes of at least 4 members (excludes halogenated alkanes) is 4. The van der Waals surface area contributed by atoms with E-state index in [2.05, 4.69) is 17.6 Å². The van der Waals surface area contributed by atoms with Crippen LogP contribution < -0.4 is 10.6 Å². The first-order valence-corrected chi connectivity index (χ1v) is 8.54. The van der Waals surface area contributed by atoms with E-state index in [1.807, 2.05) is 18.2 Å². The van der Waals surface area contributed by atoms with Crippen LogP contribution in [0, 0.1) is 0 Å². The molecule has 0 aliphatic carbocycles. The lowest BCUT2D eigenvalue weighted by Gasteiger charge is -2.17. The Balaban J connectivity index is 1.81. The lowest BCUT2D eigenvalue weighted by Crippen LogP contribution is -2.19. The fourth-order valence-electron chi connectivity index (χ4n) is 2.27. The molecule has 1 aliphatic heterocycles. The molecule has 0 unspecified atom stereocenters. The van der Waals surface area contributed by atoms with Crippen molar-refractivity contribution >= 4 is 35.0 Å². The summed E-state index contributed by atoms with van der Waals surface area (Å²) in [6.07, 6.45) is 6.25. The Labute approximate surface area is 130 Å². The van der Waals surface area contributed by atoms with Crippen LogP contribution in [-0.4, -0.2) is 17.6 Å². The van der Waals surface area contributed by atoms with Crippen molar-refractivity contribution in [3.05, 3.63) is 18.2 Å². The van der Waals surface area contributed by atoms with Crippen molar-refractivity contribution in [3.8, 4) is 0 Å². The van der Waals surface area contributed by atoms with Gasteiger partial charge in [0.2, 0.25) is 11.8 Å². The molecule has 0 atom stereocenters. The number of thioether (sulfide) groups is 1. The highest BCUT2D eigenvalue weighted by molar-refractivity contribution is 8.00. The topological polar surface area (TPSA) is 58.2 Å². The Hall–Kier alpha value is -1.49. The van der Waals surface area contributed by atoms with Gasteiger partial charge in [-0.15, -0.1) is 11.8 Å². The molecule has 1 aliphatic rings. The van der Waals surface area contributed by atoms with E-state index in [1.165, 1.54) is 31.0 Å². The van der Waals surface area contributed by atoms with Crippen LogP contribution in [0.15, 0.2) is 23.1 Å². The SMILES string of the molecule is CCCCCCCC(=O)Nc1ccc2c(c1)NC(=O)CS2. The van der Waals surface area contributed by atoms with Gasteiger partial charge < -0.3 is 10.6 Å². The Morgan fingerprint density at radius 3 is 2.90 bits per heavy atom. The van der Waals surface area contributed by atoms with E-state index in [0.717, 1.165) is 29.1 Å². The van der Waals surface area contributed by atoms with E-state index in [9.17, 15) is 9.59 Å². The quantitative estimate of drug-likeness (QED) is 0.748. The maximum atomic E-state index is 11.9. The van der Waals surface area contributed by atoms with Crippen LogP contribution in [0.2, 0.25) is 0 Å². The maximum Gasteiger partial charge on any atom is 0.234 e. The molecule has 0 saturated heterocycles. The van der Waals surface area contributed by atoms with E-state index in [4.69, 9.17) is 0 Å². The van der Waals surface area contributed by atoms with E-state index in [0.29, 0.717) is 12.2 Å². The minimum Gasteiger partial charge on any atom is -0.326 e. The molecule has 2 rings (SSSR count). The molecule has 2 N–H and O–H groups in total. The van der Waals surface area contributed by atoms with Crippen molar-refractivity contribution in [3.63, 3.8) is 0 Å². The first kappa shape index (κ1) is 15.9. The number of benzene rings is 1. The third-order valence-electron chi connectivity index (χ3n) is 3.40. The number of hydrogen-bond donors (Lipinski definition) is 2. The molecule has 1 heterocycles. The van der Waals surface area contributed by atoms with E-state index in [1.54, 1.807) is 0 Å². The van der Waals surface area contributed by atoms with E-state index < -0.39 is 0 Å². The molecule has 0 saturated carbocycles. The van der Waals surface area contributed by atoms with Crippen LogP contribution in [0.1, 0.15) is 45.4 Å². The summed E-state index contributed by atoms with van der Waals surface area (Å²) in [5.41, 5.74) is 1.53. The van der Waals surface area contributed by atoms with Crippen LogP contribution in [0.3, 0.4) is 0 Å². The molecule has 21 heavy (non-hydrogen) atoms. The highest BCUT2D eigenvalue weighted by Gasteiger charge is 2.15. The fraction of sp³-hybridized carbons (Fsp3) is 0.500. The van der Waals surface area contributed by atoms with Gasteiger partial charge in [-0.1, -0.05) is 32.6 Å². The zero-order chi connectivity index (χ0) is 15.1. The van der Waals surface area contributed by atoms with Crippen molar-refractivity contribution in [2.75, 3.05) is 16.4 Å². The first-order valence-electron chi connectivity index (χ1n) is 7.55. The number of amides is 2. The molecule has 0 fully saturated rings. The van der Waals surface area contributed by atoms with Crippen molar-refractivity contribution in [1.82, 2.24) is 0 Å². The summed E-state index contributed by atoms with van der Waals surface area (Å²) in [7, 11) is 0. The summed E-state index contributed by atoms with van der Waals surface area (Å²) < 4.78 is 0. The summed E-state index contributed by atoms with van der Waals surface area (Å²) in [5.74, 6) is 0.504. The van der Waals surface area contributed by atoms with Gasteiger partial charge in [0.25, 0.3) is 0 Å². The summed E-state index contributed by atoms with van der Waals surface area (Å²) in [4.78, 5) is 24.3. The highest BCUT2D eigenvalue weighted by Crippen LogP contribution is 2.33. The second-order valence-corrected chi connectivity index (χ2v) is 6.28. The van der Waals surface area contributed by atoms with Crippen LogP contribution >= 0.6 is 11.8 Å². The largest absolute Gasteiger partial charge is 0.326 e. The molecule has 0 aromatic heterocycles. The number of rotatable bonds is 7. The number of carbonyl (C=O) groups excluding carboxylic acids is 2. The number of hydrogen-bond acceptors (Lipinski definition) is 3. The zero-order valence-corrected chi connectivity index (χ0v) is 13.2.